The van der Waals surface area contributed by atoms with Gasteiger partial charge < -0.3 is 10.6 Å². The van der Waals surface area contributed by atoms with Crippen LogP contribution in [-0.2, 0) is 0 Å². The van der Waals surface area contributed by atoms with Crippen LogP contribution in [0.25, 0.3) is 11.1 Å². The zero-order chi connectivity index (χ0) is 15.8. The summed E-state index contributed by atoms with van der Waals surface area (Å²) < 4.78 is 0. The molecule has 0 aliphatic heterocycles. The van der Waals surface area contributed by atoms with Gasteiger partial charge in [-0.15, -0.1) is 0 Å². The molecule has 0 unspecified atom stereocenters. The summed E-state index contributed by atoms with van der Waals surface area (Å²) in [6.45, 7) is 0. The van der Waals surface area contributed by atoms with Crippen LogP contribution in [0.1, 0.15) is 12.8 Å². The van der Waals surface area contributed by atoms with Crippen molar-refractivity contribution in [1.82, 2.24) is 0 Å². The van der Waals surface area contributed by atoms with Crippen molar-refractivity contribution in [2.75, 3.05) is 10.6 Å². The molecular formula is C19H16N2O2. The molecule has 0 bridgehead atoms. The molecule has 1 aliphatic carbocycles. The van der Waals surface area contributed by atoms with E-state index in [9.17, 15) is 9.59 Å². The minimum atomic E-state index is -0.446. The summed E-state index contributed by atoms with van der Waals surface area (Å²) in [5.74, 6) is 0. The average molecular weight is 304 g/mol. The van der Waals surface area contributed by atoms with Crippen LogP contribution >= 0.6 is 0 Å². The summed E-state index contributed by atoms with van der Waals surface area (Å²) in [6, 6.07) is 18.2. The average Bonchev–Trinajstić information content (AvgIpc) is 3.43. The molecule has 0 aromatic heterocycles. The van der Waals surface area contributed by atoms with Crippen LogP contribution in [0.15, 0.2) is 64.2 Å². The van der Waals surface area contributed by atoms with Crippen LogP contribution in [0.3, 0.4) is 0 Å². The van der Waals surface area contributed by atoms with Crippen LogP contribution < -0.4 is 21.5 Å². The van der Waals surface area contributed by atoms with Gasteiger partial charge in [-0.05, 0) is 36.1 Å². The largest absolute Gasteiger partial charge is 0.377 e. The molecule has 0 heterocycles. The molecule has 4 heteroatoms. The lowest BCUT2D eigenvalue weighted by Gasteiger charge is -2.15. The van der Waals surface area contributed by atoms with E-state index in [1.807, 2.05) is 54.6 Å². The summed E-state index contributed by atoms with van der Waals surface area (Å²) in [5.41, 5.74) is 2.92. The van der Waals surface area contributed by atoms with E-state index in [2.05, 4.69) is 10.6 Å². The molecule has 1 saturated carbocycles. The van der Waals surface area contributed by atoms with Crippen LogP contribution in [0.5, 0.6) is 0 Å². The first kappa shape index (κ1) is 13.8. The van der Waals surface area contributed by atoms with Crippen molar-refractivity contribution < 1.29 is 0 Å². The molecule has 3 aromatic rings. The molecule has 23 heavy (non-hydrogen) atoms. The number of hydrogen-bond acceptors (Lipinski definition) is 4. The molecule has 0 spiro atoms. The fourth-order valence-corrected chi connectivity index (χ4v) is 2.63. The Balaban J connectivity index is 1.62. The van der Waals surface area contributed by atoms with Crippen LogP contribution in [0.4, 0.5) is 17.1 Å². The maximum absolute atomic E-state index is 11.8. The number of nitrogens with one attached hydrogen (secondary N) is 2. The molecule has 0 amide bonds. The maximum atomic E-state index is 11.8. The van der Waals surface area contributed by atoms with Gasteiger partial charge in [-0.1, -0.05) is 42.5 Å². The van der Waals surface area contributed by atoms with E-state index in [0.29, 0.717) is 17.4 Å². The first-order chi connectivity index (χ1) is 11.2. The number of benzene rings is 2. The fourth-order valence-electron chi connectivity index (χ4n) is 2.63. The third kappa shape index (κ3) is 2.63. The van der Waals surface area contributed by atoms with Gasteiger partial charge in [0, 0.05) is 11.7 Å². The lowest BCUT2D eigenvalue weighted by Crippen LogP contribution is -2.37. The Morgan fingerprint density at radius 1 is 0.783 bits per heavy atom. The molecule has 3 aromatic carbocycles. The first-order valence-corrected chi connectivity index (χ1v) is 7.75. The molecule has 0 atom stereocenters. The van der Waals surface area contributed by atoms with E-state index in [4.69, 9.17) is 0 Å². The molecule has 1 fully saturated rings. The Morgan fingerprint density at radius 2 is 1.48 bits per heavy atom. The van der Waals surface area contributed by atoms with Gasteiger partial charge in [0.2, 0.25) is 0 Å². The van der Waals surface area contributed by atoms with Gasteiger partial charge >= 0.3 is 0 Å². The summed E-state index contributed by atoms with van der Waals surface area (Å²) in [7, 11) is 0. The lowest BCUT2D eigenvalue weighted by molar-refractivity contribution is 1.13. The Labute approximate surface area is 133 Å². The fraction of sp³-hybridized carbons (Fsp3) is 0.158. The summed E-state index contributed by atoms with van der Waals surface area (Å²) in [4.78, 5) is 23.5. The van der Waals surface area contributed by atoms with Crippen LogP contribution in [-0.4, -0.2) is 6.04 Å². The number of anilines is 3. The van der Waals surface area contributed by atoms with E-state index in [-0.39, 0.29) is 0 Å². The molecule has 4 rings (SSSR count). The van der Waals surface area contributed by atoms with Gasteiger partial charge in [0.25, 0.3) is 10.9 Å². The standard InChI is InChI=1S/C19H16N2O2/c22-18-16(20-14-9-10-14)17(19(18)23)21-15-8-4-7-13(11-15)12-5-2-1-3-6-12/h1-8,11,14,20-21H,9-10H2. The van der Waals surface area contributed by atoms with Gasteiger partial charge in [-0.3, -0.25) is 9.59 Å². The normalized spacial score (nSPS) is 13.9. The highest BCUT2D eigenvalue weighted by Crippen LogP contribution is 2.29. The van der Waals surface area contributed by atoms with Gasteiger partial charge in [-0.25, -0.2) is 0 Å². The zero-order valence-corrected chi connectivity index (χ0v) is 12.5. The quantitative estimate of drug-likeness (QED) is 0.710. The second kappa shape index (κ2) is 5.39. The Bertz CT molecular complexity index is 920. The van der Waals surface area contributed by atoms with Crippen molar-refractivity contribution >= 4 is 17.1 Å². The lowest BCUT2D eigenvalue weighted by atomic mass is 10.0. The van der Waals surface area contributed by atoms with Crippen LogP contribution in [0, 0.1) is 0 Å². The van der Waals surface area contributed by atoms with Crippen molar-refractivity contribution in [2.24, 2.45) is 0 Å². The van der Waals surface area contributed by atoms with Crippen molar-refractivity contribution in [3.8, 4) is 11.1 Å². The Kier molecular flexibility index (Phi) is 3.23. The predicted octanol–water partition coefficient (Wildman–Crippen LogP) is 3.27. The first-order valence-electron chi connectivity index (χ1n) is 7.75. The van der Waals surface area contributed by atoms with E-state index in [1.165, 1.54) is 0 Å². The Hall–Kier alpha value is -2.88. The summed E-state index contributed by atoms with van der Waals surface area (Å²) in [6.07, 6.45) is 2.11. The maximum Gasteiger partial charge on any atom is 0.253 e. The molecule has 2 N–H and O–H groups in total. The van der Waals surface area contributed by atoms with Gasteiger partial charge in [0.05, 0.1) is 0 Å². The topological polar surface area (TPSA) is 58.2 Å². The number of rotatable bonds is 5. The third-order valence-corrected chi connectivity index (χ3v) is 4.08. The van der Waals surface area contributed by atoms with E-state index < -0.39 is 10.9 Å². The molecule has 1 aliphatic rings. The zero-order valence-electron chi connectivity index (χ0n) is 12.5. The minimum absolute atomic E-state index is 0.342. The third-order valence-electron chi connectivity index (χ3n) is 4.08. The van der Waals surface area contributed by atoms with E-state index in [1.54, 1.807) is 0 Å². The van der Waals surface area contributed by atoms with E-state index >= 15 is 0 Å². The SMILES string of the molecule is O=c1c(Nc2cccc(-c3ccccc3)c2)c(NC2CC2)c1=O. The monoisotopic (exact) mass is 304 g/mol. The molecule has 0 saturated heterocycles. The second-order valence-electron chi connectivity index (χ2n) is 5.90. The minimum Gasteiger partial charge on any atom is -0.377 e. The second-order valence-corrected chi connectivity index (χ2v) is 5.90. The van der Waals surface area contributed by atoms with Crippen molar-refractivity contribution in [1.29, 1.82) is 0 Å². The molecule has 4 nitrogen and oxygen atoms in total. The van der Waals surface area contributed by atoms with Crippen molar-refractivity contribution in [2.45, 2.75) is 18.9 Å². The Morgan fingerprint density at radius 3 is 2.22 bits per heavy atom. The highest BCUT2D eigenvalue weighted by atomic mass is 16.2. The highest BCUT2D eigenvalue weighted by molar-refractivity contribution is 5.80. The highest BCUT2D eigenvalue weighted by Gasteiger charge is 2.28. The summed E-state index contributed by atoms with van der Waals surface area (Å²) in [5, 5.41) is 6.23. The predicted molar refractivity (Wildman–Crippen MR) is 93.2 cm³/mol. The van der Waals surface area contributed by atoms with Crippen molar-refractivity contribution in [3.05, 3.63) is 75.0 Å². The molecular weight excluding hydrogens is 288 g/mol. The molecule has 114 valence electrons. The molecule has 0 radical (unpaired) electrons. The van der Waals surface area contributed by atoms with Crippen LogP contribution in [0.2, 0.25) is 0 Å². The number of hydrogen-bond donors (Lipinski definition) is 2. The van der Waals surface area contributed by atoms with Gasteiger partial charge in [-0.2, -0.15) is 0 Å². The van der Waals surface area contributed by atoms with Gasteiger partial charge in [0.15, 0.2) is 0 Å². The van der Waals surface area contributed by atoms with Gasteiger partial charge in [0.1, 0.15) is 11.4 Å². The van der Waals surface area contributed by atoms with Crippen molar-refractivity contribution in [3.63, 3.8) is 0 Å². The van der Waals surface area contributed by atoms with E-state index in [0.717, 1.165) is 29.7 Å². The smallest absolute Gasteiger partial charge is 0.253 e. The summed E-state index contributed by atoms with van der Waals surface area (Å²) >= 11 is 0.